The van der Waals surface area contributed by atoms with Gasteiger partial charge < -0.3 is 14.9 Å². The molecule has 0 atom stereocenters. The SMILES string of the molecule is Cc1nc(Sc2cc(N)cc(OC(C)C)c2)oc1C. The molecule has 0 spiro atoms. The fraction of sp³-hybridized carbons (Fsp3) is 0.357. The van der Waals surface area contributed by atoms with Crippen molar-refractivity contribution in [2.75, 3.05) is 5.73 Å². The maximum absolute atomic E-state index is 5.88. The number of rotatable bonds is 4. The monoisotopic (exact) mass is 278 g/mol. The molecular formula is C14H18N2O2S. The Labute approximate surface area is 117 Å². The van der Waals surface area contributed by atoms with E-state index >= 15 is 0 Å². The normalized spacial score (nSPS) is 11.0. The third kappa shape index (κ3) is 3.67. The summed E-state index contributed by atoms with van der Waals surface area (Å²) in [7, 11) is 0. The Bertz CT molecular complexity index is 559. The standard InChI is InChI=1S/C14H18N2O2S/c1-8(2)17-12-5-11(15)6-13(7-12)19-14-16-9(3)10(4)18-14/h5-8H,15H2,1-4H3. The summed E-state index contributed by atoms with van der Waals surface area (Å²) in [6, 6.07) is 5.64. The van der Waals surface area contributed by atoms with Crippen LogP contribution < -0.4 is 10.5 Å². The number of benzene rings is 1. The van der Waals surface area contributed by atoms with Gasteiger partial charge in [-0.05, 0) is 51.6 Å². The molecule has 2 N–H and O–H groups in total. The van der Waals surface area contributed by atoms with Crippen LogP contribution in [0.15, 0.2) is 32.7 Å². The van der Waals surface area contributed by atoms with Gasteiger partial charge in [0.25, 0.3) is 5.22 Å². The van der Waals surface area contributed by atoms with Crippen LogP contribution in [0.2, 0.25) is 0 Å². The molecule has 1 aromatic heterocycles. The number of nitrogens with zero attached hydrogens (tertiary/aromatic N) is 1. The summed E-state index contributed by atoms with van der Waals surface area (Å²) in [5, 5.41) is 0.621. The van der Waals surface area contributed by atoms with Crippen LogP contribution in [-0.2, 0) is 0 Å². The molecule has 0 aliphatic carbocycles. The zero-order valence-electron chi connectivity index (χ0n) is 11.6. The lowest BCUT2D eigenvalue weighted by Gasteiger charge is -2.11. The molecule has 0 radical (unpaired) electrons. The van der Waals surface area contributed by atoms with Gasteiger partial charge in [0.15, 0.2) is 0 Å². The van der Waals surface area contributed by atoms with Gasteiger partial charge in [-0.25, -0.2) is 4.98 Å². The van der Waals surface area contributed by atoms with Crippen molar-refractivity contribution in [3.63, 3.8) is 0 Å². The van der Waals surface area contributed by atoms with Crippen LogP contribution in [-0.4, -0.2) is 11.1 Å². The van der Waals surface area contributed by atoms with Crippen molar-refractivity contribution in [1.29, 1.82) is 0 Å². The number of anilines is 1. The Morgan fingerprint density at radius 3 is 2.58 bits per heavy atom. The van der Waals surface area contributed by atoms with Gasteiger partial charge >= 0.3 is 0 Å². The van der Waals surface area contributed by atoms with Crippen LogP contribution in [0.3, 0.4) is 0 Å². The molecule has 0 aliphatic heterocycles. The molecule has 5 heteroatoms. The van der Waals surface area contributed by atoms with Crippen LogP contribution in [0.4, 0.5) is 5.69 Å². The number of hydrogen-bond donors (Lipinski definition) is 1. The van der Waals surface area contributed by atoms with E-state index in [0.29, 0.717) is 10.9 Å². The van der Waals surface area contributed by atoms with Crippen molar-refractivity contribution in [1.82, 2.24) is 4.98 Å². The summed E-state index contributed by atoms with van der Waals surface area (Å²) in [5.41, 5.74) is 7.45. The molecule has 2 rings (SSSR count). The van der Waals surface area contributed by atoms with E-state index in [1.165, 1.54) is 11.8 Å². The first kappa shape index (κ1) is 13.8. The second kappa shape index (κ2) is 5.57. The fourth-order valence-corrected chi connectivity index (χ4v) is 2.50. The van der Waals surface area contributed by atoms with E-state index in [1.807, 2.05) is 45.9 Å². The minimum absolute atomic E-state index is 0.117. The number of oxazole rings is 1. The van der Waals surface area contributed by atoms with Gasteiger partial charge in [-0.3, -0.25) is 0 Å². The Morgan fingerprint density at radius 2 is 2.00 bits per heavy atom. The summed E-state index contributed by atoms with van der Waals surface area (Å²) in [5.74, 6) is 1.60. The molecule has 102 valence electrons. The van der Waals surface area contributed by atoms with Gasteiger partial charge in [0.2, 0.25) is 0 Å². The molecule has 1 aromatic carbocycles. The van der Waals surface area contributed by atoms with E-state index in [-0.39, 0.29) is 6.10 Å². The maximum atomic E-state index is 5.88. The maximum Gasteiger partial charge on any atom is 0.260 e. The molecule has 0 fully saturated rings. The smallest absolute Gasteiger partial charge is 0.260 e. The van der Waals surface area contributed by atoms with Crippen LogP contribution in [0.5, 0.6) is 5.75 Å². The lowest BCUT2D eigenvalue weighted by molar-refractivity contribution is 0.242. The predicted octanol–water partition coefficient (Wildman–Crippen LogP) is 3.81. The Kier molecular flexibility index (Phi) is 4.04. The number of nitrogen functional groups attached to an aromatic ring is 1. The van der Waals surface area contributed by atoms with Gasteiger partial charge in [0.05, 0.1) is 11.8 Å². The van der Waals surface area contributed by atoms with Crippen LogP contribution in [0, 0.1) is 13.8 Å². The van der Waals surface area contributed by atoms with Crippen LogP contribution in [0.1, 0.15) is 25.3 Å². The van der Waals surface area contributed by atoms with Crippen molar-refractivity contribution in [2.24, 2.45) is 0 Å². The highest BCUT2D eigenvalue weighted by atomic mass is 32.2. The summed E-state index contributed by atoms with van der Waals surface area (Å²) >= 11 is 1.44. The molecule has 0 saturated heterocycles. The molecule has 0 aliphatic rings. The number of aryl methyl sites for hydroxylation is 2. The highest BCUT2D eigenvalue weighted by molar-refractivity contribution is 7.99. The Morgan fingerprint density at radius 1 is 1.26 bits per heavy atom. The zero-order valence-corrected chi connectivity index (χ0v) is 12.4. The summed E-state index contributed by atoms with van der Waals surface area (Å²) in [6.07, 6.45) is 0.117. The molecule has 0 amide bonds. The Hall–Kier alpha value is -1.62. The molecule has 0 saturated carbocycles. The molecule has 19 heavy (non-hydrogen) atoms. The molecular weight excluding hydrogens is 260 g/mol. The number of nitrogens with two attached hydrogens (primary N) is 1. The largest absolute Gasteiger partial charge is 0.491 e. The van der Waals surface area contributed by atoms with Gasteiger partial charge in [0.1, 0.15) is 11.5 Å². The average Bonchev–Trinajstić information content (AvgIpc) is 2.55. The molecule has 0 bridgehead atoms. The summed E-state index contributed by atoms with van der Waals surface area (Å²) in [6.45, 7) is 7.79. The zero-order chi connectivity index (χ0) is 14.0. The molecule has 4 nitrogen and oxygen atoms in total. The Balaban J connectivity index is 2.22. The van der Waals surface area contributed by atoms with Gasteiger partial charge in [0, 0.05) is 16.6 Å². The lowest BCUT2D eigenvalue weighted by atomic mass is 10.3. The first-order valence-corrected chi connectivity index (χ1v) is 6.95. The van der Waals surface area contributed by atoms with Gasteiger partial charge in [-0.2, -0.15) is 0 Å². The van der Waals surface area contributed by atoms with E-state index in [1.54, 1.807) is 0 Å². The molecule has 0 unspecified atom stereocenters. The molecule has 2 aromatic rings. The van der Waals surface area contributed by atoms with Crippen molar-refractivity contribution in [3.05, 3.63) is 29.7 Å². The molecule has 1 heterocycles. The fourth-order valence-electron chi connectivity index (χ4n) is 1.58. The first-order valence-electron chi connectivity index (χ1n) is 6.13. The third-order valence-electron chi connectivity index (χ3n) is 2.49. The van der Waals surface area contributed by atoms with Crippen molar-refractivity contribution in [3.8, 4) is 5.75 Å². The summed E-state index contributed by atoms with van der Waals surface area (Å²) < 4.78 is 11.2. The van der Waals surface area contributed by atoms with Gasteiger partial charge in [-0.15, -0.1) is 0 Å². The predicted molar refractivity (Wildman–Crippen MR) is 76.7 cm³/mol. The first-order chi connectivity index (χ1) is 8.94. The van der Waals surface area contributed by atoms with E-state index in [2.05, 4.69) is 4.98 Å². The van der Waals surface area contributed by atoms with E-state index in [4.69, 9.17) is 14.9 Å². The van der Waals surface area contributed by atoms with Crippen LogP contribution in [0.25, 0.3) is 0 Å². The number of ether oxygens (including phenoxy) is 1. The topological polar surface area (TPSA) is 61.3 Å². The second-order valence-corrected chi connectivity index (χ2v) is 5.65. The van der Waals surface area contributed by atoms with Gasteiger partial charge in [-0.1, -0.05) is 0 Å². The third-order valence-corrected chi connectivity index (χ3v) is 3.31. The van der Waals surface area contributed by atoms with Crippen molar-refractivity contribution in [2.45, 2.75) is 43.9 Å². The number of hydrogen-bond acceptors (Lipinski definition) is 5. The van der Waals surface area contributed by atoms with Crippen LogP contribution >= 0.6 is 11.8 Å². The lowest BCUT2D eigenvalue weighted by Crippen LogP contribution is -2.05. The highest BCUT2D eigenvalue weighted by Gasteiger charge is 2.09. The number of aromatic nitrogens is 1. The highest BCUT2D eigenvalue weighted by Crippen LogP contribution is 2.32. The average molecular weight is 278 g/mol. The van der Waals surface area contributed by atoms with E-state index < -0.39 is 0 Å². The van der Waals surface area contributed by atoms with Crippen molar-refractivity contribution < 1.29 is 9.15 Å². The van der Waals surface area contributed by atoms with E-state index in [0.717, 1.165) is 22.1 Å². The summed E-state index contributed by atoms with van der Waals surface area (Å²) in [4.78, 5) is 5.30. The minimum atomic E-state index is 0.117. The van der Waals surface area contributed by atoms with Crippen molar-refractivity contribution >= 4 is 17.4 Å². The second-order valence-electron chi connectivity index (χ2n) is 4.63. The quantitative estimate of drug-likeness (QED) is 0.862. The minimum Gasteiger partial charge on any atom is -0.491 e. The van der Waals surface area contributed by atoms with E-state index in [9.17, 15) is 0 Å².